The Kier molecular flexibility index (Phi) is 3.61. The third-order valence-corrected chi connectivity index (χ3v) is 5.18. The molecule has 0 fully saturated rings. The third kappa shape index (κ3) is 2.60. The molecule has 1 N–H and O–H groups in total. The minimum Gasteiger partial charge on any atom is -0.289 e. The molecule has 4 aromatic rings. The molecule has 4 rings (SSSR count). The highest BCUT2D eigenvalue weighted by Gasteiger charge is 2.18. The number of hydrogen-bond acceptors (Lipinski definition) is 5. The van der Waals surface area contributed by atoms with E-state index in [-0.39, 0.29) is 5.91 Å². The Bertz CT molecular complexity index is 1080. The van der Waals surface area contributed by atoms with E-state index in [1.165, 1.54) is 0 Å². The molecule has 8 heteroatoms. The van der Waals surface area contributed by atoms with Gasteiger partial charge < -0.3 is 0 Å². The lowest BCUT2D eigenvalue weighted by molar-refractivity contribution is 0.102. The van der Waals surface area contributed by atoms with E-state index in [0.29, 0.717) is 11.5 Å². The van der Waals surface area contributed by atoms with Crippen molar-refractivity contribution in [1.82, 2.24) is 24.4 Å². The van der Waals surface area contributed by atoms with Crippen molar-refractivity contribution in [3.63, 3.8) is 0 Å². The normalized spacial score (nSPS) is 11.2. The van der Waals surface area contributed by atoms with Crippen LogP contribution in [0.5, 0.6) is 0 Å². The molecule has 0 saturated heterocycles. The Labute approximate surface area is 147 Å². The number of amides is 1. The number of thiazole rings is 1. The second kappa shape index (κ2) is 5.82. The maximum absolute atomic E-state index is 12.6. The summed E-state index contributed by atoms with van der Waals surface area (Å²) in [6, 6.07) is 9.69. The van der Waals surface area contributed by atoms with E-state index >= 15 is 0 Å². The fourth-order valence-electron chi connectivity index (χ4n) is 2.63. The molecule has 0 aliphatic heterocycles. The van der Waals surface area contributed by atoms with Gasteiger partial charge in [0.25, 0.3) is 11.9 Å². The number of aromatic nitrogens is 5. The van der Waals surface area contributed by atoms with E-state index in [9.17, 15) is 4.79 Å². The fourth-order valence-corrected chi connectivity index (χ4v) is 3.53. The number of aryl methyl sites for hydroxylation is 2. The number of hydrogen-bond donors (Lipinski definition) is 1. The Morgan fingerprint density at radius 3 is 2.60 bits per heavy atom. The van der Waals surface area contributed by atoms with Crippen LogP contribution in [0, 0.1) is 20.8 Å². The van der Waals surface area contributed by atoms with Crippen LogP contribution in [0.4, 0.5) is 5.95 Å². The Hall–Kier alpha value is -3.00. The van der Waals surface area contributed by atoms with E-state index < -0.39 is 0 Å². The summed E-state index contributed by atoms with van der Waals surface area (Å²) in [6.45, 7) is 5.87. The molecule has 1 amide bonds. The lowest BCUT2D eigenvalue weighted by atomic mass is 10.2. The van der Waals surface area contributed by atoms with Crippen LogP contribution in [0.25, 0.3) is 10.6 Å². The molecule has 7 nitrogen and oxygen atoms in total. The van der Waals surface area contributed by atoms with Crippen LogP contribution in [0.1, 0.15) is 26.6 Å². The predicted molar refractivity (Wildman–Crippen MR) is 96.6 cm³/mol. The molecule has 0 aliphatic rings. The van der Waals surface area contributed by atoms with Crippen LogP contribution >= 0.6 is 11.3 Å². The van der Waals surface area contributed by atoms with Crippen LogP contribution < -0.4 is 5.32 Å². The van der Waals surface area contributed by atoms with E-state index in [4.69, 9.17) is 0 Å². The van der Waals surface area contributed by atoms with E-state index in [1.54, 1.807) is 26.7 Å². The first kappa shape index (κ1) is 15.5. The molecule has 25 heavy (non-hydrogen) atoms. The van der Waals surface area contributed by atoms with Crippen molar-refractivity contribution in [1.29, 1.82) is 0 Å². The molecule has 0 bridgehead atoms. The summed E-state index contributed by atoms with van der Waals surface area (Å²) in [5.74, 6) is 0.0264. The zero-order valence-electron chi connectivity index (χ0n) is 14.0. The SMILES string of the molecule is Cc1sc2nc(NC(=O)c3cnn(-c4ccccc4)c3C)nn2c1C. The van der Waals surface area contributed by atoms with Gasteiger partial charge in [-0.25, -0.2) is 9.20 Å². The number of para-hydroxylation sites is 1. The summed E-state index contributed by atoms with van der Waals surface area (Å²) in [5, 5.41) is 11.4. The first-order chi connectivity index (χ1) is 12.0. The molecule has 126 valence electrons. The van der Waals surface area contributed by atoms with Crippen molar-refractivity contribution >= 4 is 28.2 Å². The highest BCUT2D eigenvalue weighted by Crippen LogP contribution is 2.22. The van der Waals surface area contributed by atoms with Gasteiger partial charge in [-0.1, -0.05) is 29.5 Å². The van der Waals surface area contributed by atoms with Gasteiger partial charge in [0.1, 0.15) is 0 Å². The Morgan fingerprint density at radius 1 is 1.12 bits per heavy atom. The van der Waals surface area contributed by atoms with Gasteiger partial charge in [-0.15, -0.1) is 5.10 Å². The number of rotatable bonds is 3. The number of nitrogens with one attached hydrogen (secondary N) is 1. The topological polar surface area (TPSA) is 77.1 Å². The van der Waals surface area contributed by atoms with Crippen LogP contribution in [-0.4, -0.2) is 30.3 Å². The summed E-state index contributed by atoms with van der Waals surface area (Å²) in [5.41, 5.74) is 3.19. The molecule has 0 spiro atoms. The molecule has 0 atom stereocenters. The first-order valence-electron chi connectivity index (χ1n) is 7.79. The number of carbonyl (C=O) groups excluding carboxylic acids is 1. The summed E-state index contributed by atoms with van der Waals surface area (Å²) in [4.78, 5) is 18.9. The minimum atomic E-state index is -0.271. The van der Waals surface area contributed by atoms with E-state index in [0.717, 1.165) is 26.9 Å². The number of anilines is 1. The summed E-state index contributed by atoms with van der Waals surface area (Å²) < 4.78 is 3.48. The quantitative estimate of drug-likeness (QED) is 0.614. The monoisotopic (exact) mass is 352 g/mol. The number of carbonyl (C=O) groups is 1. The molecule has 0 aliphatic carbocycles. The number of benzene rings is 1. The van der Waals surface area contributed by atoms with Crippen molar-refractivity contribution in [3.8, 4) is 5.69 Å². The zero-order chi connectivity index (χ0) is 17.6. The average Bonchev–Trinajstić information content (AvgIpc) is 3.24. The van der Waals surface area contributed by atoms with Crippen LogP contribution in [0.3, 0.4) is 0 Å². The molecule has 0 radical (unpaired) electrons. The Morgan fingerprint density at radius 2 is 1.88 bits per heavy atom. The maximum Gasteiger partial charge on any atom is 0.261 e. The fraction of sp³-hybridized carbons (Fsp3) is 0.176. The van der Waals surface area contributed by atoms with Gasteiger partial charge in [0.15, 0.2) is 0 Å². The van der Waals surface area contributed by atoms with E-state index in [1.807, 2.05) is 51.1 Å². The van der Waals surface area contributed by atoms with Crippen molar-refractivity contribution in [2.75, 3.05) is 5.32 Å². The maximum atomic E-state index is 12.6. The van der Waals surface area contributed by atoms with Gasteiger partial charge >= 0.3 is 0 Å². The molecular formula is C17H16N6OS. The van der Waals surface area contributed by atoms with Gasteiger partial charge in [-0.3, -0.25) is 10.1 Å². The van der Waals surface area contributed by atoms with Crippen LogP contribution in [0.15, 0.2) is 36.5 Å². The van der Waals surface area contributed by atoms with Gasteiger partial charge in [-0.05, 0) is 32.9 Å². The number of fused-ring (bicyclic) bond motifs is 1. The summed E-state index contributed by atoms with van der Waals surface area (Å²) in [7, 11) is 0. The lowest BCUT2D eigenvalue weighted by Crippen LogP contribution is -2.14. The van der Waals surface area contributed by atoms with E-state index in [2.05, 4.69) is 20.5 Å². The van der Waals surface area contributed by atoms with Gasteiger partial charge in [0.2, 0.25) is 4.96 Å². The predicted octanol–water partition coefficient (Wildman–Crippen LogP) is 3.15. The molecule has 1 aromatic carbocycles. The second-order valence-corrected chi connectivity index (χ2v) is 6.90. The van der Waals surface area contributed by atoms with Crippen molar-refractivity contribution < 1.29 is 4.79 Å². The standard InChI is InChI=1S/C17H16N6OS/c1-10-12(3)25-17-20-16(21-23(10)17)19-15(24)14-9-18-22(11(14)2)13-7-5-4-6-8-13/h4-9H,1-3H3,(H,19,21,24). The average molecular weight is 352 g/mol. The van der Waals surface area contributed by atoms with Crippen molar-refractivity contribution in [3.05, 3.63) is 58.4 Å². The molecule has 0 unspecified atom stereocenters. The molecular weight excluding hydrogens is 336 g/mol. The van der Waals surface area contributed by atoms with Gasteiger partial charge in [0.05, 0.1) is 28.8 Å². The smallest absolute Gasteiger partial charge is 0.261 e. The first-order valence-corrected chi connectivity index (χ1v) is 8.60. The highest BCUT2D eigenvalue weighted by molar-refractivity contribution is 7.17. The third-order valence-electron chi connectivity index (χ3n) is 4.13. The zero-order valence-corrected chi connectivity index (χ0v) is 14.8. The van der Waals surface area contributed by atoms with Crippen LogP contribution in [0.2, 0.25) is 0 Å². The number of nitrogens with zero attached hydrogens (tertiary/aromatic N) is 5. The van der Waals surface area contributed by atoms with Gasteiger partial charge in [0, 0.05) is 4.88 Å². The lowest BCUT2D eigenvalue weighted by Gasteiger charge is -2.05. The highest BCUT2D eigenvalue weighted by atomic mass is 32.1. The van der Waals surface area contributed by atoms with Crippen LogP contribution in [-0.2, 0) is 0 Å². The Balaban J connectivity index is 1.61. The van der Waals surface area contributed by atoms with Gasteiger partial charge in [-0.2, -0.15) is 10.1 Å². The summed E-state index contributed by atoms with van der Waals surface area (Å²) in [6.07, 6.45) is 1.56. The second-order valence-electron chi connectivity index (χ2n) is 5.72. The molecule has 0 saturated carbocycles. The summed E-state index contributed by atoms with van der Waals surface area (Å²) >= 11 is 1.55. The largest absolute Gasteiger partial charge is 0.289 e. The molecule has 3 heterocycles. The van der Waals surface area contributed by atoms with Crippen molar-refractivity contribution in [2.24, 2.45) is 0 Å². The minimum absolute atomic E-state index is 0.271. The molecule has 3 aromatic heterocycles. The van der Waals surface area contributed by atoms with Crippen molar-refractivity contribution in [2.45, 2.75) is 20.8 Å².